The Morgan fingerprint density at radius 1 is 1.29 bits per heavy atom. The molecule has 1 N–H and O–H groups in total. The Labute approximate surface area is 137 Å². The standard InChI is InChI=1S/C15H17BrClNO3/c1-21-15(20)9-2-5-11(6-3-9)18-14(19)12-7-4-10(17)8-13(12)16/h4,7-9,11H,2-3,5-6H2,1H3,(H,18,19). The van der Waals surface area contributed by atoms with Crippen molar-refractivity contribution < 1.29 is 14.3 Å². The average Bonchev–Trinajstić information content (AvgIpc) is 2.47. The molecule has 1 fully saturated rings. The van der Waals surface area contributed by atoms with Gasteiger partial charge in [0.05, 0.1) is 18.6 Å². The summed E-state index contributed by atoms with van der Waals surface area (Å²) >= 11 is 9.21. The van der Waals surface area contributed by atoms with Crippen molar-refractivity contribution in [2.45, 2.75) is 31.7 Å². The highest BCUT2D eigenvalue weighted by Gasteiger charge is 2.28. The van der Waals surface area contributed by atoms with Gasteiger partial charge in [-0.1, -0.05) is 11.6 Å². The molecule has 0 radical (unpaired) electrons. The summed E-state index contributed by atoms with van der Waals surface area (Å²) in [6.45, 7) is 0. The first-order valence-corrected chi connectivity index (χ1v) is 8.02. The van der Waals surface area contributed by atoms with Gasteiger partial charge in [-0.3, -0.25) is 9.59 Å². The molecule has 1 aromatic carbocycles. The third kappa shape index (κ3) is 4.20. The van der Waals surface area contributed by atoms with Gasteiger partial charge in [0.25, 0.3) is 5.91 Å². The number of methoxy groups -OCH3 is 1. The minimum absolute atomic E-state index is 0.0366. The number of amides is 1. The number of esters is 1. The smallest absolute Gasteiger partial charge is 0.308 e. The first-order valence-electron chi connectivity index (χ1n) is 6.85. The molecule has 0 atom stereocenters. The van der Waals surface area contributed by atoms with Gasteiger partial charge >= 0.3 is 5.97 Å². The van der Waals surface area contributed by atoms with Crippen molar-refractivity contribution >= 4 is 39.4 Å². The maximum atomic E-state index is 12.2. The van der Waals surface area contributed by atoms with Gasteiger partial charge in [0.15, 0.2) is 0 Å². The van der Waals surface area contributed by atoms with Gasteiger partial charge in [-0.2, -0.15) is 0 Å². The molecule has 4 nitrogen and oxygen atoms in total. The highest BCUT2D eigenvalue weighted by molar-refractivity contribution is 9.10. The van der Waals surface area contributed by atoms with Crippen LogP contribution in [0.2, 0.25) is 5.02 Å². The Bertz CT molecular complexity index is 542. The fourth-order valence-electron chi connectivity index (χ4n) is 2.58. The van der Waals surface area contributed by atoms with Crippen LogP contribution in [0.3, 0.4) is 0 Å². The van der Waals surface area contributed by atoms with Crippen LogP contribution in [0.15, 0.2) is 22.7 Å². The van der Waals surface area contributed by atoms with Gasteiger partial charge in [-0.25, -0.2) is 0 Å². The largest absolute Gasteiger partial charge is 0.469 e. The number of carbonyl (C=O) groups is 2. The summed E-state index contributed by atoms with van der Waals surface area (Å²) in [5.41, 5.74) is 0.564. The van der Waals surface area contributed by atoms with Crippen LogP contribution in [0.1, 0.15) is 36.0 Å². The van der Waals surface area contributed by atoms with Crippen LogP contribution in [0.5, 0.6) is 0 Å². The molecule has 0 unspecified atom stereocenters. The van der Waals surface area contributed by atoms with Gasteiger partial charge in [0, 0.05) is 15.5 Å². The van der Waals surface area contributed by atoms with Crippen molar-refractivity contribution in [2.24, 2.45) is 5.92 Å². The van der Waals surface area contributed by atoms with Crippen LogP contribution in [0, 0.1) is 5.92 Å². The highest BCUT2D eigenvalue weighted by atomic mass is 79.9. The summed E-state index contributed by atoms with van der Waals surface area (Å²) in [5.74, 6) is -0.314. The van der Waals surface area contributed by atoms with E-state index in [9.17, 15) is 9.59 Å². The van der Waals surface area contributed by atoms with Gasteiger partial charge in [0.2, 0.25) is 0 Å². The average molecular weight is 375 g/mol. The third-order valence-corrected chi connectivity index (χ3v) is 4.66. The van der Waals surface area contributed by atoms with Crippen molar-refractivity contribution in [3.63, 3.8) is 0 Å². The summed E-state index contributed by atoms with van der Waals surface area (Å²) in [6.07, 6.45) is 3.08. The molecule has 0 bridgehead atoms. The lowest BCUT2D eigenvalue weighted by Gasteiger charge is -2.27. The lowest BCUT2D eigenvalue weighted by atomic mass is 9.86. The molecule has 1 aliphatic carbocycles. The van der Waals surface area contributed by atoms with Crippen molar-refractivity contribution in [1.82, 2.24) is 5.32 Å². The van der Waals surface area contributed by atoms with Gasteiger partial charge in [-0.05, 0) is 59.8 Å². The zero-order chi connectivity index (χ0) is 15.4. The van der Waals surface area contributed by atoms with Crippen LogP contribution in [-0.2, 0) is 9.53 Å². The van der Waals surface area contributed by atoms with E-state index in [4.69, 9.17) is 16.3 Å². The fourth-order valence-corrected chi connectivity index (χ4v) is 3.44. The van der Waals surface area contributed by atoms with Crippen LogP contribution < -0.4 is 5.32 Å². The van der Waals surface area contributed by atoms with E-state index in [1.54, 1.807) is 18.2 Å². The second kappa shape index (κ2) is 7.27. The van der Waals surface area contributed by atoms with E-state index in [-0.39, 0.29) is 23.8 Å². The van der Waals surface area contributed by atoms with E-state index < -0.39 is 0 Å². The molecule has 0 heterocycles. The minimum Gasteiger partial charge on any atom is -0.469 e. The molecule has 1 amide bonds. The molecule has 0 aliphatic heterocycles. The van der Waals surface area contributed by atoms with Crippen molar-refractivity contribution in [2.75, 3.05) is 7.11 Å². The normalized spacial score (nSPS) is 21.7. The van der Waals surface area contributed by atoms with E-state index in [1.807, 2.05) is 0 Å². The summed E-state index contributed by atoms with van der Waals surface area (Å²) in [4.78, 5) is 23.7. The van der Waals surface area contributed by atoms with Crippen LogP contribution in [0.25, 0.3) is 0 Å². The molecule has 0 aromatic heterocycles. The van der Waals surface area contributed by atoms with Gasteiger partial charge in [0.1, 0.15) is 0 Å². The SMILES string of the molecule is COC(=O)C1CCC(NC(=O)c2ccc(Cl)cc2Br)CC1. The molecular formula is C15H17BrClNO3. The lowest BCUT2D eigenvalue weighted by Crippen LogP contribution is -2.39. The first kappa shape index (κ1) is 16.3. The molecule has 1 aliphatic rings. The molecule has 0 spiro atoms. The van der Waals surface area contributed by atoms with E-state index in [0.717, 1.165) is 25.7 Å². The predicted molar refractivity (Wildman–Crippen MR) is 84.4 cm³/mol. The number of carbonyl (C=O) groups excluding carboxylic acids is 2. The highest BCUT2D eigenvalue weighted by Crippen LogP contribution is 2.26. The molecule has 0 saturated heterocycles. The van der Waals surface area contributed by atoms with E-state index in [2.05, 4.69) is 21.2 Å². The van der Waals surface area contributed by atoms with Gasteiger partial charge < -0.3 is 10.1 Å². The number of benzene rings is 1. The van der Waals surface area contributed by atoms with Crippen LogP contribution in [0.4, 0.5) is 0 Å². The quantitative estimate of drug-likeness (QED) is 0.823. The van der Waals surface area contributed by atoms with Crippen molar-refractivity contribution in [1.29, 1.82) is 0 Å². The summed E-state index contributed by atoms with van der Waals surface area (Å²) in [5, 5.41) is 3.59. The zero-order valence-corrected chi connectivity index (χ0v) is 14.0. The Balaban J connectivity index is 1.91. The zero-order valence-electron chi connectivity index (χ0n) is 11.7. The maximum Gasteiger partial charge on any atom is 0.308 e. The first-order chi connectivity index (χ1) is 10.0. The second-order valence-electron chi connectivity index (χ2n) is 5.17. The number of hydrogen-bond donors (Lipinski definition) is 1. The van der Waals surface area contributed by atoms with Crippen molar-refractivity contribution in [3.05, 3.63) is 33.3 Å². The van der Waals surface area contributed by atoms with E-state index in [0.29, 0.717) is 15.1 Å². The molecule has 6 heteroatoms. The fraction of sp³-hybridized carbons (Fsp3) is 0.467. The third-order valence-electron chi connectivity index (χ3n) is 3.77. The topological polar surface area (TPSA) is 55.4 Å². The summed E-state index contributed by atoms with van der Waals surface area (Å²) in [6, 6.07) is 5.18. The maximum absolute atomic E-state index is 12.2. The monoisotopic (exact) mass is 373 g/mol. The van der Waals surface area contributed by atoms with Crippen LogP contribution >= 0.6 is 27.5 Å². The Hall–Kier alpha value is -1.07. The summed E-state index contributed by atoms with van der Waals surface area (Å²) < 4.78 is 5.43. The Morgan fingerprint density at radius 3 is 2.52 bits per heavy atom. The predicted octanol–water partition coefficient (Wildman–Crippen LogP) is 3.56. The summed E-state index contributed by atoms with van der Waals surface area (Å²) in [7, 11) is 1.41. The van der Waals surface area contributed by atoms with Gasteiger partial charge in [-0.15, -0.1) is 0 Å². The van der Waals surface area contributed by atoms with E-state index >= 15 is 0 Å². The molecule has 114 valence electrons. The number of rotatable bonds is 3. The van der Waals surface area contributed by atoms with Crippen molar-refractivity contribution in [3.8, 4) is 0 Å². The number of ether oxygens (including phenoxy) is 1. The van der Waals surface area contributed by atoms with E-state index in [1.165, 1.54) is 7.11 Å². The second-order valence-corrected chi connectivity index (χ2v) is 6.46. The molecule has 2 rings (SSSR count). The molecule has 21 heavy (non-hydrogen) atoms. The minimum atomic E-state index is -0.153. The van der Waals surface area contributed by atoms with Crippen LogP contribution in [-0.4, -0.2) is 25.0 Å². The number of hydrogen-bond acceptors (Lipinski definition) is 3. The number of halogens is 2. The Morgan fingerprint density at radius 2 is 1.95 bits per heavy atom. The molecule has 1 saturated carbocycles. The molecule has 1 aromatic rings. The Kier molecular flexibility index (Phi) is 5.65. The lowest BCUT2D eigenvalue weighted by molar-refractivity contribution is -0.146. The number of nitrogens with one attached hydrogen (secondary N) is 1. The molecular weight excluding hydrogens is 358 g/mol.